The predicted octanol–water partition coefficient (Wildman–Crippen LogP) is 3.37. The third kappa shape index (κ3) is 2.90. The van der Waals surface area contributed by atoms with E-state index in [-0.39, 0.29) is 0 Å². The Bertz CT molecular complexity index is 515. The first-order valence-corrected chi connectivity index (χ1v) is 8.05. The molecule has 1 atom stereocenters. The fourth-order valence-electron chi connectivity index (χ4n) is 2.95. The van der Waals surface area contributed by atoms with Crippen LogP contribution in [0.5, 0.6) is 0 Å². The van der Waals surface area contributed by atoms with E-state index in [4.69, 9.17) is 0 Å². The number of nitrogens with one attached hydrogen (secondary N) is 1. The first-order chi connectivity index (χ1) is 9.36. The number of hydrogen-bond acceptors (Lipinski definition) is 3. The largest absolute Gasteiger partial charge is 0.347 e. The van der Waals surface area contributed by atoms with Gasteiger partial charge in [0, 0.05) is 30.0 Å². The number of aryl methyl sites for hydroxylation is 1. The van der Waals surface area contributed by atoms with Crippen LogP contribution in [0.15, 0.2) is 24.0 Å². The molecule has 0 amide bonds. The topological polar surface area (TPSA) is 29.9 Å². The highest BCUT2D eigenvalue weighted by molar-refractivity contribution is 7.09. The van der Waals surface area contributed by atoms with E-state index in [2.05, 4.69) is 34.2 Å². The summed E-state index contributed by atoms with van der Waals surface area (Å²) in [4.78, 5) is 4.37. The van der Waals surface area contributed by atoms with Crippen LogP contribution in [0.3, 0.4) is 0 Å². The first kappa shape index (κ1) is 12.9. The lowest BCUT2D eigenvalue weighted by Gasteiger charge is -2.15. The predicted molar refractivity (Wildman–Crippen MR) is 79.6 cm³/mol. The molecule has 0 bridgehead atoms. The van der Waals surface area contributed by atoms with Crippen molar-refractivity contribution in [2.75, 3.05) is 6.54 Å². The van der Waals surface area contributed by atoms with Crippen molar-refractivity contribution in [1.82, 2.24) is 14.9 Å². The van der Waals surface area contributed by atoms with Crippen LogP contribution in [0.25, 0.3) is 0 Å². The van der Waals surface area contributed by atoms with Gasteiger partial charge in [0.25, 0.3) is 0 Å². The standard InChI is InChI=1S/C15H21N3S/c1-2-16-14-6-4-3-5-12-9-18(10-13(12)14)11-15-17-7-8-19-15/h7-10,14,16H,2-6,11H2,1H3. The second-order valence-electron chi connectivity index (χ2n) is 5.19. The van der Waals surface area contributed by atoms with Gasteiger partial charge in [0.2, 0.25) is 0 Å². The van der Waals surface area contributed by atoms with E-state index in [1.165, 1.54) is 41.8 Å². The Kier molecular flexibility index (Phi) is 3.99. The van der Waals surface area contributed by atoms with E-state index >= 15 is 0 Å². The van der Waals surface area contributed by atoms with E-state index in [9.17, 15) is 0 Å². The third-order valence-corrected chi connectivity index (χ3v) is 4.58. The van der Waals surface area contributed by atoms with Gasteiger partial charge >= 0.3 is 0 Å². The Morgan fingerprint density at radius 1 is 1.42 bits per heavy atom. The van der Waals surface area contributed by atoms with Crippen LogP contribution in [-0.2, 0) is 13.0 Å². The molecule has 3 nitrogen and oxygen atoms in total. The number of hydrogen-bond donors (Lipinski definition) is 1. The fourth-order valence-corrected chi connectivity index (χ4v) is 3.58. The van der Waals surface area contributed by atoms with Crippen molar-refractivity contribution in [1.29, 1.82) is 0 Å². The van der Waals surface area contributed by atoms with Gasteiger partial charge in [-0.1, -0.05) is 13.3 Å². The molecule has 2 aromatic heterocycles. The molecule has 3 rings (SSSR count). The summed E-state index contributed by atoms with van der Waals surface area (Å²) in [6.45, 7) is 4.14. The Morgan fingerprint density at radius 3 is 3.16 bits per heavy atom. The van der Waals surface area contributed by atoms with Crippen molar-refractivity contribution < 1.29 is 0 Å². The van der Waals surface area contributed by atoms with E-state index in [1.807, 2.05) is 11.6 Å². The molecule has 0 saturated heterocycles. The van der Waals surface area contributed by atoms with E-state index in [0.717, 1.165) is 13.1 Å². The molecule has 0 fully saturated rings. The minimum Gasteiger partial charge on any atom is -0.347 e. The second kappa shape index (κ2) is 5.88. The maximum Gasteiger partial charge on any atom is 0.112 e. The summed E-state index contributed by atoms with van der Waals surface area (Å²) >= 11 is 1.73. The maximum atomic E-state index is 4.37. The number of nitrogens with zero attached hydrogens (tertiary/aromatic N) is 2. The average Bonchev–Trinajstić information content (AvgIpc) is 3.00. The molecule has 4 heteroatoms. The van der Waals surface area contributed by atoms with Gasteiger partial charge in [0.05, 0.1) is 6.54 Å². The Hall–Kier alpha value is -1.13. The summed E-state index contributed by atoms with van der Waals surface area (Å²) in [7, 11) is 0. The quantitative estimate of drug-likeness (QED) is 0.867. The van der Waals surface area contributed by atoms with Gasteiger partial charge in [-0.15, -0.1) is 11.3 Å². The van der Waals surface area contributed by atoms with Crippen LogP contribution in [0.4, 0.5) is 0 Å². The van der Waals surface area contributed by atoms with Crippen LogP contribution in [-0.4, -0.2) is 16.1 Å². The molecule has 102 valence electrons. The molecule has 1 N–H and O–H groups in total. The highest BCUT2D eigenvalue weighted by Crippen LogP contribution is 2.29. The van der Waals surface area contributed by atoms with E-state index in [0.29, 0.717) is 6.04 Å². The van der Waals surface area contributed by atoms with Crippen LogP contribution in [0.2, 0.25) is 0 Å². The van der Waals surface area contributed by atoms with Gasteiger partial charge in [0.15, 0.2) is 0 Å². The van der Waals surface area contributed by atoms with Crippen LogP contribution in [0, 0.1) is 0 Å². The molecule has 0 radical (unpaired) electrons. The lowest BCUT2D eigenvalue weighted by Crippen LogP contribution is -2.20. The molecule has 2 heterocycles. The smallest absolute Gasteiger partial charge is 0.112 e. The molecular formula is C15H21N3S. The number of thiazole rings is 1. The lowest BCUT2D eigenvalue weighted by atomic mass is 10.0. The second-order valence-corrected chi connectivity index (χ2v) is 6.17. The Morgan fingerprint density at radius 2 is 2.37 bits per heavy atom. The van der Waals surface area contributed by atoms with Crippen LogP contribution in [0.1, 0.15) is 48.4 Å². The van der Waals surface area contributed by atoms with Gasteiger partial charge in [-0.2, -0.15) is 0 Å². The van der Waals surface area contributed by atoms with Crippen molar-refractivity contribution >= 4 is 11.3 Å². The van der Waals surface area contributed by atoms with E-state index < -0.39 is 0 Å². The fraction of sp³-hybridized carbons (Fsp3) is 0.533. The molecule has 1 aliphatic carbocycles. The van der Waals surface area contributed by atoms with Gasteiger partial charge < -0.3 is 9.88 Å². The molecule has 0 saturated carbocycles. The monoisotopic (exact) mass is 275 g/mol. The zero-order chi connectivity index (χ0) is 13.1. The number of aromatic nitrogens is 2. The summed E-state index contributed by atoms with van der Waals surface area (Å²) in [6.07, 6.45) is 11.7. The molecular weight excluding hydrogens is 254 g/mol. The third-order valence-electron chi connectivity index (χ3n) is 3.81. The summed E-state index contributed by atoms with van der Waals surface area (Å²) in [5, 5.41) is 6.86. The highest BCUT2D eigenvalue weighted by atomic mass is 32.1. The summed E-state index contributed by atoms with van der Waals surface area (Å²) in [6, 6.07) is 0.542. The number of rotatable bonds is 4. The SMILES string of the molecule is CCNC1CCCCc2cn(Cc3nccs3)cc21. The molecule has 19 heavy (non-hydrogen) atoms. The molecule has 1 unspecified atom stereocenters. The summed E-state index contributed by atoms with van der Waals surface area (Å²) in [5.74, 6) is 0. The Labute approximate surface area is 118 Å². The zero-order valence-corrected chi connectivity index (χ0v) is 12.2. The first-order valence-electron chi connectivity index (χ1n) is 7.17. The van der Waals surface area contributed by atoms with Crippen LogP contribution < -0.4 is 5.32 Å². The normalized spacial score (nSPS) is 19.1. The number of fused-ring (bicyclic) bond motifs is 1. The summed E-state index contributed by atoms with van der Waals surface area (Å²) < 4.78 is 2.30. The van der Waals surface area contributed by atoms with Crippen molar-refractivity contribution in [3.05, 3.63) is 40.1 Å². The van der Waals surface area contributed by atoms with Crippen molar-refractivity contribution in [2.24, 2.45) is 0 Å². The van der Waals surface area contributed by atoms with E-state index in [1.54, 1.807) is 11.3 Å². The Balaban J connectivity index is 1.83. The highest BCUT2D eigenvalue weighted by Gasteiger charge is 2.19. The molecule has 0 spiro atoms. The minimum atomic E-state index is 0.542. The van der Waals surface area contributed by atoms with Gasteiger partial charge in [0.1, 0.15) is 5.01 Å². The average molecular weight is 275 g/mol. The minimum absolute atomic E-state index is 0.542. The van der Waals surface area contributed by atoms with Crippen LogP contribution >= 0.6 is 11.3 Å². The molecule has 0 aliphatic heterocycles. The lowest BCUT2D eigenvalue weighted by molar-refractivity contribution is 0.502. The molecule has 1 aliphatic rings. The van der Waals surface area contributed by atoms with Gasteiger partial charge in [-0.25, -0.2) is 4.98 Å². The molecule has 2 aromatic rings. The van der Waals surface area contributed by atoms with Crippen molar-refractivity contribution in [3.8, 4) is 0 Å². The molecule has 0 aromatic carbocycles. The van der Waals surface area contributed by atoms with Crippen molar-refractivity contribution in [2.45, 2.75) is 45.2 Å². The van der Waals surface area contributed by atoms with Gasteiger partial charge in [-0.3, -0.25) is 0 Å². The van der Waals surface area contributed by atoms with Gasteiger partial charge in [-0.05, 0) is 36.9 Å². The maximum absolute atomic E-state index is 4.37. The van der Waals surface area contributed by atoms with Crippen molar-refractivity contribution in [3.63, 3.8) is 0 Å². The zero-order valence-electron chi connectivity index (χ0n) is 11.4. The summed E-state index contributed by atoms with van der Waals surface area (Å²) in [5.41, 5.74) is 3.04.